The van der Waals surface area contributed by atoms with E-state index in [0.717, 1.165) is 18.2 Å². The molecule has 28 heavy (non-hydrogen) atoms. The highest BCUT2D eigenvalue weighted by molar-refractivity contribution is 7.80. The molecule has 0 atom stereocenters. The Morgan fingerprint density at radius 1 is 0.964 bits per heavy atom. The van der Waals surface area contributed by atoms with E-state index in [1.54, 1.807) is 18.2 Å². The Morgan fingerprint density at radius 3 is 2.04 bits per heavy atom. The summed E-state index contributed by atoms with van der Waals surface area (Å²) in [6.07, 6.45) is 0. The number of thiocarbonyl (C=S) groups is 1. The molecule has 0 aliphatic heterocycles. The second-order valence-electron chi connectivity index (χ2n) is 5.23. The summed E-state index contributed by atoms with van der Waals surface area (Å²) >= 11 is 5.04. The summed E-state index contributed by atoms with van der Waals surface area (Å²) in [5, 5.41) is 26.8. The fourth-order valence-corrected chi connectivity index (χ4v) is 2.40. The minimum Gasteiger partial charge on any atom is -0.493 e. The van der Waals surface area contributed by atoms with Crippen LogP contribution in [-0.4, -0.2) is 35.1 Å². The van der Waals surface area contributed by atoms with Crippen molar-refractivity contribution in [2.75, 3.05) is 19.5 Å². The van der Waals surface area contributed by atoms with Crippen molar-refractivity contribution >= 4 is 40.3 Å². The third kappa shape index (κ3) is 4.88. The summed E-state index contributed by atoms with van der Waals surface area (Å²) in [5.74, 6) is 0.0765. The standard InChI is InChI=1S/C16H14N4O7S/c1-26-13-4-3-10(7-14(13)27-2)17-16(28)18-15(21)9-5-11(19(22)23)8-12(6-9)20(24)25/h3-8H,1-2H3,(H2,17,18,21,28). The number of benzene rings is 2. The molecule has 0 unspecified atom stereocenters. The van der Waals surface area contributed by atoms with Crippen molar-refractivity contribution in [3.8, 4) is 11.5 Å². The van der Waals surface area contributed by atoms with Crippen LogP contribution in [0.1, 0.15) is 10.4 Å². The summed E-state index contributed by atoms with van der Waals surface area (Å²) < 4.78 is 10.3. The molecule has 2 aromatic carbocycles. The highest BCUT2D eigenvalue weighted by Crippen LogP contribution is 2.29. The van der Waals surface area contributed by atoms with E-state index in [1.807, 2.05) is 0 Å². The number of ether oxygens (including phenoxy) is 2. The highest BCUT2D eigenvalue weighted by Gasteiger charge is 2.20. The lowest BCUT2D eigenvalue weighted by atomic mass is 10.1. The monoisotopic (exact) mass is 406 g/mol. The zero-order valence-electron chi connectivity index (χ0n) is 14.6. The van der Waals surface area contributed by atoms with E-state index in [0.29, 0.717) is 17.2 Å². The third-order valence-electron chi connectivity index (χ3n) is 3.45. The summed E-state index contributed by atoms with van der Waals surface area (Å²) in [6, 6.07) is 7.42. The predicted molar refractivity (Wildman–Crippen MR) is 103 cm³/mol. The van der Waals surface area contributed by atoms with Crippen LogP contribution in [0.15, 0.2) is 36.4 Å². The first-order valence-corrected chi connectivity index (χ1v) is 7.94. The fourth-order valence-electron chi connectivity index (χ4n) is 2.19. The Balaban J connectivity index is 2.17. The number of carbonyl (C=O) groups is 1. The number of amides is 1. The van der Waals surface area contributed by atoms with E-state index in [2.05, 4.69) is 10.6 Å². The average Bonchev–Trinajstić information content (AvgIpc) is 2.67. The Bertz CT molecular complexity index is 932. The molecule has 0 heterocycles. The first-order chi connectivity index (χ1) is 13.2. The number of hydrogen-bond acceptors (Lipinski definition) is 8. The molecule has 1 amide bonds. The number of nitrogens with one attached hydrogen (secondary N) is 2. The molecule has 0 radical (unpaired) electrons. The van der Waals surface area contributed by atoms with Crippen LogP contribution in [0.3, 0.4) is 0 Å². The van der Waals surface area contributed by atoms with Gasteiger partial charge in [-0.2, -0.15) is 0 Å². The van der Waals surface area contributed by atoms with Gasteiger partial charge in [0.1, 0.15) is 0 Å². The minimum absolute atomic E-state index is 0.119. The molecule has 2 N–H and O–H groups in total. The van der Waals surface area contributed by atoms with Gasteiger partial charge in [-0.15, -0.1) is 0 Å². The zero-order chi connectivity index (χ0) is 20.8. The average molecular weight is 406 g/mol. The van der Waals surface area contributed by atoms with Gasteiger partial charge >= 0.3 is 0 Å². The van der Waals surface area contributed by atoms with Crippen LogP contribution in [0.25, 0.3) is 0 Å². The van der Waals surface area contributed by atoms with Gasteiger partial charge < -0.3 is 14.8 Å². The molecule has 0 aliphatic carbocycles. The van der Waals surface area contributed by atoms with Crippen LogP contribution in [0.5, 0.6) is 11.5 Å². The molecule has 0 saturated carbocycles. The van der Waals surface area contributed by atoms with Gasteiger partial charge in [0.05, 0.1) is 35.7 Å². The SMILES string of the molecule is COc1ccc(NC(=S)NC(=O)c2cc([N+](=O)[O-])cc([N+](=O)[O-])c2)cc1OC. The number of hydrogen-bond donors (Lipinski definition) is 2. The number of nitro benzene ring substituents is 2. The van der Waals surface area contributed by atoms with Crippen LogP contribution < -0.4 is 20.1 Å². The van der Waals surface area contributed by atoms with E-state index in [9.17, 15) is 25.0 Å². The Labute approximate surface area is 163 Å². The Morgan fingerprint density at radius 2 is 1.54 bits per heavy atom. The first kappa shape index (κ1) is 20.5. The smallest absolute Gasteiger partial charge is 0.277 e. The molecule has 12 heteroatoms. The molecule has 0 fully saturated rings. The van der Waals surface area contributed by atoms with Crippen LogP contribution in [0.2, 0.25) is 0 Å². The molecule has 2 rings (SSSR count). The normalized spacial score (nSPS) is 9.93. The van der Waals surface area contributed by atoms with Crippen molar-refractivity contribution in [3.63, 3.8) is 0 Å². The first-order valence-electron chi connectivity index (χ1n) is 7.53. The van der Waals surface area contributed by atoms with Crippen molar-refractivity contribution in [2.45, 2.75) is 0 Å². The topological polar surface area (TPSA) is 146 Å². The lowest BCUT2D eigenvalue weighted by Gasteiger charge is -2.12. The van der Waals surface area contributed by atoms with E-state index in [4.69, 9.17) is 21.7 Å². The molecular formula is C16H14N4O7S. The lowest BCUT2D eigenvalue weighted by molar-refractivity contribution is -0.394. The van der Waals surface area contributed by atoms with Crippen molar-refractivity contribution in [2.24, 2.45) is 0 Å². The van der Waals surface area contributed by atoms with Crippen molar-refractivity contribution in [1.82, 2.24) is 5.32 Å². The van der Waals surface area contributed by atoms with Gasteiger partial charge in [0.15, 0.2) is 16.6 Å². The van der Waals surface area contributed by atoms with Gasteiger partial charge in [0.25, 0.3) is 17.3 Å². The maximum Gasteiger partial charge on any atom is 0.277 e. The lowest BCUT2D eigenvalue weighted by Crippen LogP contribution is -2.34. The third-order valence-corrected chi connectivity index (χ3v) is 3.66. The minimum atomic E-state index is -0.843. The second kappa shape index (κ2) is 8.73. The van der Waals surface area contributed by atoms with Gasteiger partial charge in [-0.05, 0) is 24.4 Å². The zero-order valence-corrected chi connectivity index (χ0v) is 15.4. The fraction of sp³-hybridized carbons (Fsp3) is 0.125. The van der Waals surface area contributed by atoms with Crippen LogP contribution in [0, 0.1) is 20.2 Å². The maximum absolute atomic E-state index is 12.3. The van der Waals surface area contributed by atoms with Gasteiger partial charge in [-0.25, -0.2) is 0 Å². The number of carbonyl (C=O) groups excluding carboxylic acids is 1. The number of nitrogens with zero attached hydrogens (tertiary/aromatic N) is 2. The van der Waals surface area contributed by atoms with Crippen molar-refractivity contribution < 1.29 is 24.1 Å². The van der Waals surface area contributed by atoms with Crippen molar-refractivity contribution in [3.05, 3.63) is 62.2 Å². The Kier molecular flexibility index (Phi) is 6.39. The van der Waals surface area contributed by atoms with Gasteiger partial charge in [-0.1, -0.05) is 0 Å². The van der Waals surface area contributed by atoms with E-state index in [1.165, 1.54) is 14.2 Å². The molecule has 146 valence electrons. The molecule has 11 nitrogen and oxygen atoms in total. The van der Waals surface area contributed by atoms with Crippen LogP contribution in [0.4, 0.5) is 17.1 Å². The summed E-state index contributed by atoms with van der Waals surface area (Å²) in [7, 11) is 2.94. The Hall–Kier alpha value is -3.80. The van der Waals surface area contributed by atoms with E-state index in [-0.39, 0.29) is 10.7 Å². The molecule has 0 aliphatic rings. The number of methoxy groups -OCH3 is 2. The molecular weight excluding hydrogens is 392 g/mol. The van der Waals surface area contributed by atoms with Gasteiger partial charge in [0.2, 0.25) is 0 Å². The number of rotatable bonds is 6. The van der Waals surface area contributed by atoms with Gasteiger partial charge in [0, 0.05) is 23.9 Å². The van der Waals surface area contributed by atoms with Crippen LogP contribution >= 0.6 is 12.2 Å². The predicted octanol–water partition coefficient (Wildman–Crippen LogP) is 2.65. The number of non-ortho nitro benzene ring substituents is 2. The molecule has 0 spiro atoms. The summed E-state index contributed by atoms with van der Waals surface area (Å²) in [4.78, 5) is 32.5. The van der Waals surface area contributed by atoms with E-state index >= 15 is 0 Å². The molecule has 2 aromatic rings. The van der Waals surface area contributed by atoms with Crippen LogP contribution in [-0.2, 0) is 0 Å². The van der Waals surface area contributed by atoms with Gasteiger partial charge in [-0.3, -0.25) is 30.3 Å². The summed E-state index contributed by atoms with van der Waals surface area (Å²) in [5.41, 5.74) is -0.971. The summed E-state index contributed by atoms with van der Waals surface area (Å²) in [6.45, 7) is 0. The van der Waals surface area contributed by atoms with E-state index < -0.39 is 27.1 Å². The van der Waals surface area contributed by atoms with Crippen molar-refractivity contribution in [1.29, 1.82) is 0 Å². The second-order valence-corrected chi connectivity index (χ2v) is 5.64. The number of nitro groups is 2. The molecule has 0 saturated heterocycles. The largest absolute Gasteiger partial charge is 0.493 e. The number of anilines is 1. The highest BCUT2D eigenvalue weighted by atomic mass is 32.1. The molecule has 0 aromatic heterocycles. The maximum atomic E-state index is 12.3. The molecule has 0 bridgehead atoms. The quantitative estimate of drug-likeness (QED) is 0.420.